The monoisotopic (exact) mass is 282 g/mol. The molecule has 0 aromatic heterocycles. The van der Waals surface area contributed by atoms with Gasteiger partial charge in [0.2, 0.25) is 0 Å². The molecule has 1 aliphatic rings. The van der Waals surface area contributed by atoms with Gasteiger partial charge in [-0.15, -0.1) is 0 Å². The number of hydrogen-bond acceptors (Lipinski definition) is 7. The van der Waals surface area contributed by atoms with E-state index in [1.165, 1.54) is 25.3 Å². The minimum absolute atomic E-state index is 0.146. The quantitative estimate of drug-likeness (QED) is 0.471. The summed E-state index contributed by atoms with van der Waals surface area (Å²) in [6.07, 6.45) is -0.753. The van der Waals surface area contributed by atoms with Crippen LogP contribution in [0.25, 0.3) is 0 Å². The molecule has 0 amide bonds. The number of carbonyl (C=O) groups excluding carboxylic acids is 1. The second kappa shape index (κ2) is 5.85. The predicted molar refractivity (Wildman–Crippen MR) is 68.7 cm³/mol. The molecule has 0 saturated carbocycles. The van der Waals surface area contributed by atoms with Crippen molar-refractivity contribution >= 4 is 17.3 Å². The van der Waals surface area contributed by atoms with E-state index in [0.717, 1.165) is 0 Å². The number of nitrogens with zero attached hydrogens (tertiary/aromatic N) is 1. The lowest BCUT2D eigenvalue weighted by Crippen LogP contribution is -2.32. The lowest BCUT2D eigenvalue weighted by atomic mass is 10.1. The molecule has 1 aromatic rings. The molecule has 8 heteroatoms. The SMILES string of the molecule is COC(=O)c1ccc([N+](=O)[O-])c(N[C@@H]2COC[C@@H]2O)c1. The fourth-order valence-corrected chi connectivity index (χ4v) is 1.94. The van der Waals surface area contributed by atoms with Crippen LogP contribution in [0.2, 0.25) is 0 Å². The normalized spacial score (nSPS) is 21.5. The van der Waals surface area contributed by atoms with Crippen LogP contribution in [0.4, 0.5) is 11.4 Å². The lowest BCUT2D eigenvalue weighted by Gasteiger charge is -2.16. The van der Waals surface area contributed by atoms with Crippen LogP contribution in [0.1, 0.15) is 10.4 Å². The number of ether oxygens (including phenoxy) is 2. The number of nitro benzene ring substituents is 1. The average molecular weight is 282 g/mol. The van der Waals surface area contributed by atoms with Crippen molar-refractivity contribution in [2.45, 2.75) is 12.1 Å². The first-order chi connectivity index (χ1) is 9.52. The standard InChI is InChI=1S/C12H14N2O6/c1-19-12(16)7-2-3-10(14(17)18)8(4-7)13-9-5-20-6-11(9)15/h2-4,9,11,13,15H,5-6H2,1H3/t9-,11+/m1/s1. The van der Waals surface area contributed by atoms with Gasteiger partial charge in [-0.05, 0) is 12.1 Å². The number of nitro groups is 1. The first-order valence-corrected chi connectivity index (χ1v) is 5.92. The summed E-state index contributed by atoms with van der Waals surface area (Å²) in [5, 5.41) is 23.5. The molecule has 1 aliphatic heterocycles. The number of aliphatic hydroxyl groups is 1. The number of hydrogen-bond donors (Lipinski definition) is 2. The maximum atomic E-state index is 11.5. The Hall–Kier alpha value is -2.19. The van der Waals surface area contributed by atoms with Crippen molar-refractivity contribution in [3.05, 3.63) is 33.9 Å². The van der Waals surface area contributed by atoms with Crippen LogP contribution in [0.5, 0.6) is 0 Å². The largest absolute Gasteiger partial charge is 0.465 e. The third kappa shape index (κ3) is 2.86. The summed E-state index contributed by atoms with van der Waals surface area (Å²) in [4.78, 5) is 21.9. The van der Waals surface area contributed by atoms with Gasteiger partial charge in [-0.1, -0.05) is 0 Å². The molecule has 1 fully saturated rings. The van der Waals surface area contributed by atoms with Crippen LogP contribution < -0.4 is 5.32 Å². The van der Waals surface area contributed by atoms with E-state index < -0.39 is 23.0 Å². The van der Waals surface area contributed by atoms with E-state index in [1.54, 1.807) is 0 Å². The second-order valence-electron chi connectivity index (χ2n) is 4.34. The van der Waals surface area contributed by atoms with Crippen LogP contribution >= 0.6 is 0 Å². The van der Waals surface area contributed by atoms with E-state index in [-0.39, 0.29) is 30.2 Å². The smallest absolute Gasteiger partial charge is 0.337 e. The molecular formula is C12H14N2O6. The summed E-state index contributed by atoms with van der Waals surface area (Å²) in [5.74, 6) is -0.592. The van der Waals surface area contributed by atoms with Crippen molar-refractivity contribution < 1.29 is 24.3 Å². The number of nitrogens with one attached hydrogen (secondary N) is 1. The number of benzene rings is 1. The molecule has 1 aromatic carbocycles. The fraction of sp³-hybridized carbons (Fsp3) is 0.417. The molecule has 2 rings (SSSR count). The number of methoxy groups -OCH3 is 1. The van der Waals surface area contributed by atoms with Crippen LogP contribution in [-0.2, 0) is 9.47 Å². The van der Waals surface area contributed by atoms with Crippen molar-refractivity contribution in [2.75, 3.05) is 25.6 Å². The van der Waals surface area contributed by atoms with Gasteiger partial charge in [0.1, 0.15) is 5.69 Å². The predicted octanol–water partition coefficient (Wildman–Crippen LogP) is 0.553. The first-order valence-electron chi connectivity index (χ1n) is 5.92. The first kappa shape index (κ1) is 14.2. The highest BCUT2D eigenvalue weighted by molar-refractivity contribution is 5.91. The zero-order chi connectivity index (χ0) is 14.7. The van der Waals surface area contributed by atoms with Crippen molar-refractivity contribution in [1.82, 2.24) is 0 Å². The second-order valence-corrected chi connectivity index (χ2v) is 4.34. The highest BCUT2D eigenvalue weighted by Crippen LogP contribution is 2.27. The summed E-state index contributed by atoms with van der Waals surface area (Å²) >= 11 is 0. The fourth-order valence-electron chi connectivity index (χ4n) is 1.94. The Morgan fingerprint density at radius 3 is 2.85 bits per heavy atom. The van der Waals surface area contributed by atoms with E-state index in [1.807, 2.05) is 0 Å². The van der Waals surface area contributed by atoms with Gasteiger partial charge in [0.25, 0.3) is 5.69 Å². The van der Waals surface area contributed by atoms with Crippen LogP contribution in [-0.4, -0.2) is 48.5 Å². The molecule has 20 heavy (non-hydrogen) atoms. The summed E-state index contributed by atoms with van der Waals surface area (Å²) in [6.45, 7) is 0.406. The van der Waals surface area contributed by atoms with Gasteiger partial charge in [0.15, 0.2) is 0 Å². The third-order valence-electron chi connectivity index (χ3n) is 3.01. The summed E-state index contributed by atoms with van der Waals surface area (Å²) in [6, 6.07) is 3.41. The number of anilines is 1. The van der Waals surface area contributed by atoms with Crippen molar-refractivity contribution in [2.24, 2.45) is 0 Å². The van der Waals surface area contributed by atoms with E-state index in [0.29, 0.717) is 0 Å². The number of esters is 1. The molecule has 0 aliphatic carbocycles. The zero-order valence-electron chi connectivity index (χ0n) is 10.7. The lowest BCUT2D eigenvalue weighted by molar-refractivity contribution is -0.384. The van der Waals surface area contributed by atoms with Gasteiger partial charge < -0.3 is 19.9 Å². The van der Waals surface area contributed by atoms with Gasteiger partial charge in [0, 0.05) is 6.07 Å². The summed E-state index contributed by atoms with van der Waals surface area (Å²) in [7, 11) is 1.23. The van der Waals surface area contributed by atoms with E-state index in [4.69, 9.17) is 4.74 Å². The van der Waals surface area contributed by atoms with Gasteiger partial charge in [-0.25, -0.2) is 4.79 Å². The van der Waals surface area contributed by atoms with E-state index >= 15 is 0 Å². The molecular weight excluding hydrogens is 268 g/mol. The third-order valence-corrected chi connectivity index (χ3v) is 3.01. The molecule has 8 nitrogen and oxygen atoms in total. The Labute approximate surface area is 114 Å². The topological polar surface area (TPSA) is 111 Å². The van der Waals surface area contributed by atoms with Gasteiger partial charge in [0.05, 0.1) is 43.0 Å². The highest BCUT2D eigenvalue weighted by atomic mass is 16.6. The minimum Gasteiger partial charge on any atom is -0.465 e. The molecule has 0 unspecified atom stereocenters. The molecule has 0 spiro atoms. The molecule has 0 radical (unpaired) electrons. The van der Waals surface area contributed by atoms with Crippen LogP contribution in [0.15, 0.2) is 18.2 Å². The van der Waals surface area contributed by atoms with Crippen LogP contribution in [0.3, 0.4) is 0 Å². The molecule has 108 valence electrons. The Balaban J connectivity index is 2.31. The maximum absolute atomic E-state index is 11.5. The van der Waals surface area contributed by atoms with Crippen LogP contribution in [0, 0.1) is 10.1 Å². The van der Waals surface area contributed by atoms with Gasteiger partial charge in [-0.3, -0.25) is 10.1 Å². The Morgan fingerprint density at radius 1 is 1.55 bits per heavy atom. The maximum Gasteiger partial charge on any atom is 0.337 e. The van der Waals surface area contributed by atoms with Crippen molar-refractivity contribution in [3.63, 3.8) is 0 Å². The molecule has 1 heterocycles. The summed E-state index contributed by atoms with van der Waals surface area (Å²) < 4.78 is 9.64. The summed E-state index contributed by atoms with van der Waals surface area (Å²) in [5.41, 5.74) is 0.151. The number of rotatable bonds is 4. The molecule has 2 atom stereocenters. The Morgan fingerprint density at radius 2 is 2.30 bits per heavy atom. The minimum atomic E-state index is -0.753. The average Bonchev–Trinajstić information content (AvgIpc) is 2.83. The van der Waals surface area contributed by atoms with E-state index in [9.17, 15) is 20.0 Å². The highest BCUT2D eigenvalue weighted by Gasteiger charge is 2.28. The van der Waals surface area contributed by atoms with Crippen molar-refractivity contribution in [1.29, 1.82) is 0 Å². The van der Waals surface area contributed by atoms with Gasteiger partial charge >= 0.3 is 5.97 Å². The van der Waals surface area contributed by atoms with E-state index in [2.05, 4.69) is 10.1 Å². The van der Waals surface area contributed by atoms with Gasteiger partial charge in [-0.2, -0.15) is 0 Å². The molecule has 0 bridgehead atoms. The molecule has 2 N–H and O–H groups in total. The number of carbonyl (C=O) groups is 1. The molecule has 1 saturated heterocycles. The Bertz CT molecular complexity index is 533. The Kier molecular flexibility index (Phi) is 4.16. The zero-order valence-corrected chi connectivity index (χ0v) is 10.7. The van der Waals surface area contributed by atoms with Crippen molar-refractivity contribution in [3.8, 4) is 0 Å². The number of aliphatic hydroxyl groups excluding tert-OH is 1.